The quantitative estimate of drug-likeness (QED) is 0.840. The Morgan fingerprint density at radius 2 is 2.18 bits per heavy atom. The molecule has 0 aliphatic heterocycles. The summed E-state index contributed by atoms with van der Waals surface area (Å²) in [6.07, 6.45) is 0.0109. The normalized spacial score (nSPS) is 12.6. The van der Waals surface area contributed by atoms with E-state index in [1.807, 2.05) is 38.2 Å². The molecule has 1 atom stereocenters. The van der Waals surface area contributed by atoms with Gasteiger partial charge < -0.3 is 10.1 Å². The first-order valence-corrected chi connectivity index (χ1v) is 5.64. The number of hydrogen-bond acceptors (Lipinski definition) is 3. The Morgan fingerprint density at radius 3 is 2.94 bits per heavy atom. The second-order valence-electron chi connectivity index (χ2n) is 4.04. The number of nitrogens with one attached hydrogen (secondary N) is 2. The SMILES string of the molecule is CNCC(C)Oc1cc2ccccc2c(=O)[nH]1. The highest BCUT2D eigenvalue weighted by molar-refractivity contribution is 5.82. The molecule has 2 N–H and O–H groups in total. The maximum atomic E-state index is 11.8. The van der Waals surface area contributed by atoms with E-state index in [0.717, 1.165) is 11.9 Å². The fourth-order valence-corrected chi connectivity index (χ4v) is 1.80. The molecule has 0 bridgehead atoms. The second-order valence-corrected chi connectivity index (χ2v) is 4.04. The predicted molar refractivity (Wildman–Crippen MR) is 68.6 cm³/mol. The Hall–Kier alpha value is -1.81. The van der Waals surface area contributed by atoms with Crippen LogP contribution in [-0.2, 0) is 0 Å². The third-order valence-corrected chi connectivity index (χ3v) is 2.55. The zero-order valence-electron chi connectivity index (χ0n) is 9.99. The second kappa shape index (κ2) is 5.01. The first kappa shape index (κ1) is 11.7. The van der Waals surface area contributed by atoms with Crippen LogP contribution in [0.15, 0.2) is 35.1 Å². The van der Waals surface area contributed by atoms with Gasteiger partial charge in [0.15, 0.2) is 5.88 Å². The van der Waals surface area contributed by atoms with Gasteiger partial charge >= 0.3 is 0 Å². The van der Waals surface area contributed by atoms with Crippen molar-refractivity contribution in [1.29, 1.82) is 0 Å². The van der Waals surface area contributed by atoms with Gasteiger partial charge in [0, 0.05) is 18.0 Å². The van der Waals surface area contributed by atoms with Gasteiger partial charge in [0.25, 0.3) is 5.56 Å². The monoisotopic (exact) mass is 232 g/mol. The van der Waals surface area contributed by atoms with Crippen LogP contribution in [-0.4, -0.2) is 24.7 Å². The molecule has 0 saturated carbocycles. The van der Waals surface area contributed by atoms with Gasteiger partial charge in [-0.2, -0.15) is 0 Å². The van der Waals surface area contributed by atoms with Crippen LogP contribution in [0.2, 0.25) is 0 Å². The van der Waals surface area contributed by atoms with E-state index in [4.69, 9.17) is 4.74 Å². The lowest BCUT2D eigenvalue weighted by Gasteiger charge is -2.13. The van der Waals surface area contributed by atoms with Crippen molar-refractivity contribution in [3.05, 3.63) is 40.7 Å². The lowest BCUT2D eigenvalue weighted by Crippen LogP contribution is -2.27. The molecule has 0 aliphatic rings. The third-order valence-electron chi connectivity index (χ3n) is 2.55. The number of rotatable bonds is 4. The lowest BCUT2D eigenvalue weighted by atomic mass is 10.2. The van der Waals surface area contributed by atoms with E-state index in [-0.39, 0.29) is 11.7 Å². The summed E-state index contributed by atoms with van der Waals surface area (Å²) >= 11 is 0. The van der Waals surface area contributed by atoms with Gasteiger partial charge in [-0.15, -0.1) is 0 Å². The molecule has 2 rings (SSSR count). The number of aromatic amines is 1. The minimum Gasteiger partial charge on any atom is -0.475 e. The molecule has 17 heavy (non-hydrogen) atoms. The smallest absolute Gasteiger partial charge is 0.258 e. The van der Waals surface area contributed by atoms with Crippen LogP contribution in [0, 0.1) is 0 Å². The average Bonchev–Trinajstić information content (AvgIpc) is 2.29. The van der Waals surface area contributed by atoms with Crippen LogP contribution in [0.25, 0.3) is 10.8 Å². The third kappa shape index (κ3) is 2.65. The molecule has 0 saturated heterocycles. The molecule has 1 unspecified atom stereocenters. The summed E-state index contributed by atoms with van der Waals surface area (Å²) in [4.78, 5) is 14.5. The van der Waals surface area contributed by atoms with Crippen molar-refractivity contribution >= 4 is 10.8 Å². The van der Waals surface area contributed by atoms with Gasteiger partial charge in [-0.3, -0.25) is 9.78 Å². The Bertz CT molecular complexity index is 563. The van der Waals surface area contributed by atoms with Crippen LogP contribution in [0.4, 0.5) is 0 Å². The van der Waals surface area contributed by atoms with Crippen molar-refractivity contribution in [3.8, 4) is 5.88 Å². The van der Waals surface area contributed by atoms with Crippen molar-refractivity contribution in [2.45, 2.75) is 13.0 Å². The van der Waals surface area contributed by atoms with Crippen molar-refractivity contribution in [1.82, 2.24) is 10.3 Å². The molecule has 0 fully saturated rings. The van der Waals surface area contributed by atoms with Crippen LogP contribution < -0.4 is 15.6 Å². The number of aromatic nitrogens is 1. The number of H-pyrrole nitrogens is 1. The summed E-state index contributed by atoms with van der Waals surface area (Å²) in [5.74, 6) is 0.511. The maximum Gasteiger partial charge on any atom is 0.258 e. The number of hydrogen-bond donors (Lipinski definition) is 2. The number of ether oxygens (including phenoxy) is 1. The summed E-state index contributed by atoms with van der Waals surface area (Å²) in [5.41, 5.74) is -0.116. The van der Waals surface area contributed by atoms with E-state index >= 15 is 0 Å². The van der Waals surface area contributed by atoms with E-state index in [1.165, 1.54) is 0 Å². The molecule has 1 heterocycles. The molecule has 1 aromatic carbocycles. The van der Waals surface area contributed by atoms with E-state index in [9.17, 15) is 4.79 Å². The largest absolute Gasteiger partial charge is 0.475 e. The maximum absolute atomic E-state index is 11.8. The minimum absolute atomic E-state index is 0.0109. The Balaban J connectivity index is 2.33. The highest BCUT2D eigenvalue weighted by atomic mass is 16.5. The van der Waals surface area contributed by atoms with E-state index in [0.29, 0.717) is 11.3 Å². The Labute approximate surface area is 99.6 Å². The highest BCUT2D eigenvalue weighted by Gasteiger charge is 2.05. The first-order chi connectivity index (χ1) is 8.20. The lowest BCUT2D eigenvalue weighted by molar-refractivity contribution is 0.212. The van der Waals surface area contributed by atoms with Gasteiger partial charge in [-0.25, -0.2) is 0 Å². The molecule has 4 nitrogen and oxygen atoms in total. The van der Waals surface area contributed by atoms with Crippen molar-refractivity contribution in [2.24, 2.45) is 0 Å². The average molecular weight is 232 g/mol. The predicted octanol–water partition coefficient (Wildman–Crippen LogP) is 1.51. The zero-order chi connectivity index (χ0) is 12.3. The fraction of sp³-hybridized carbons (Fsp3) is 0.308. The zero-order valence-corrected chi connectivity index (χ0v) is 9.99. The van der Waals surface area contributed by atoms with E-state index in [1.54, 1.807) is 6.07 Å². The number of likely N-dealkylation sites (N-methyl/N-ethyl adjacent to an activating group) is 1. The van der Waals surface area contributed by atoms with Gasteiger partial charge in [-0.05, 0) is 25.4 Å². The molecule has 0 radical (unpaired) electrons. The fourth-order valence-electron chi connectivity index (χ4n) is 1.80. The summed E-state index contributed by atoms with van der Waals surface area (Å²) in [5, 5.41) is 4.60. The molecular formula is C13H16N2O2. The van der Waals surface area contributed by atoms with Gasteiger partial charge in [0.2, 0.25) is 0 Å². The molecule has 90 valence electrons. The highest BCUT2D eigenvalue weighted by Crippen LogP contribution is 2.15. The first-order valence-electron chi connectivity index (χ1n) is 5.64. The number of pyridine rings is 1. The number of benzene rings is 1. The molecule has 4 heteroatoms. The summed E-state index contributed by atoms with van der Waals surface area (Å²) in [7, 11) is 1.86. The molecule has 0 amide bonds. The van der Waals surface area contributed by atoms with Crippen LogP contribution >= 0.6 is 0 Å². The molecule has 0 spiro atoms. The van der Waals surface area contributed by atoms with Crippen molar-refractivity contribution in [3.63, 3.8) is 0 Å². The topological polar surface area (TPSA) is 54.1 Å². The molecule has 0 aliphatic carbocycles. The van der Waals surface area contributed by atoms with Crippen LogP contribution in [0.1, 0.15) is 6.92 Å². The van der Waals surface area contributed by atoms with Gasteiger partial charge in [0.05, 0.1) is 0 Å². The number of fused-ring (bicyclic) bond motifs is 1. The van der Waals surface area contributed by atoms with Gasteiger partial charge in [-0.1, -0.05) is 18.2 Å². The Morgan fingerprint density at radius 1 is 1.41 bits per heavy atom. The van der Waals surface area contributed by atoms with Gasteiger partial charge in [0.1, 0.15) is 6.10 Å². The van der Waals surface area contributed by atoms with E-state index < -0.39 is 0 Å². The summed E-state index contributed by atoms with van der Waals surface area (Å²) < 4.78 is 5.63. The van der Waals surface area contributed by atoms with Crippen LogP contribution in [0.3, 0.4) is 0 Å². The van der Waals surface area contributed by atoms with E-state index in [2.05, 4.69) is 10.3 Å². The van der Waals surface area contributed by atoms with Crippen molar-refractivity contribution < 1.29 is 4.74 Å². The minimum atomic E-state index is -0.116. The molecule has 2 aromatic rings. The Kier molecular flexibility index (Phi) is 3.44. The standard InChI is InChI=1S/C13H16N2O2/c1-9(8-14-2)17-12-7-10-5-3-4-6-11(10)13(16)15-12/h3-7,9,14H,8H2,1-2H3,(H,15,16). The van der Waals surface area contributed by atoms with Crippen LogP contribution in [0.5, 0.6) is 5.88 Å². The summed E-state index contributed by atoms with van der Waals surface area (Å²) in [6.45, 7) is 2.68. The molecule has 1 aromatic heterocycles. The van der Waals surface area contributed by atoms with Crippen molar-refractivity contribution in [2.75, 3.05) is 13.6 Å². The molecular weight excluding hydrogens is 216 g/mol. The summed E-state index contributed by atoms with van der Waals surface area (Å²) in [6, 6.07) is 9.31.